The third kappa shape index (κ3) is 7.05. The Bertz CT molecular complexity index is 433. The normalized spacial score (nSPS) is 16.0. The quantitative estimate of drug-likeness (QED) is 0.506. The van der Waals surface area contributed by atoms with Crippen LogP contribution < -0.4 is 10.2 Å². The molecule has 23 heavy (non-hydrogen) atoms. The summed E-state index contributed by atoms with van der Waals surface area (Å²) in [6, 6.07) is 2.51. The highest BCUT2D eigenvalue weighted by Gasteiger charge is 2.19. The fraction of sp³-hybridized carbons (Fsp3) is 0.778. The highest BCUT2D eigenvalue weighted by atomic mass is 35.5. The van der Waals surface area contributed by atoms with E-state index in [1.165, 1.54) is 57.8 Å². The van der Waals surface area contributed by atoms with Crippen LogP contribution in [0, 0.1) is 0 Å². The first-order valence-electron chi connectivity index (χ1n) is 9.25. The molecule has 0 unspecified atom stereocenters. The van der Waals surface area contributed by atoms with Gasteiger partial charge >= 0.3 is 0 Å². The topological polar surface area (TPSA) is 41.0 Å². The Morgan fingerprint density at radius 2 is 1.78 bits per heavy atom. The number of piperidine rings is 1. The van der Waals surface area contributed by atoms with Gasteiger partial charge < -0.3 is 10.2 Å². The van der Waals surface area contributed by atoms with E-state index in [2.05, 4.69) is 27.1 Å². The summed E-state index contributed by atoms with van der Waals surface area (Å²) in [4.78, 5) is 10.6. The molecule has 2 heterocycles. The van der Waals surface area contributed by atoms with Gasteiger partial charge in [0.1, 0.15) is 17.3 Å². The van der Waals surface area contributed by atoms with Crippen LogP contribution >= 0.6 is 11.6 Å². The van der Waals surface area contributed by atoms with Gasteiger partial charge in [0.05, 0.1) is 0 Å². The first-order valence-corrected chi connectivity index (χ1v) is 9.63. The first kappa shape index (κ1) is 18.5. The van der Waals surface area contributed by atoms with Gasteiger partial charge in [0.2, 0.25) is 0 Å². The summed E-state index contributed by atoms with van der Waals surface area (Å²) in [6.07, 6.45) is 13.5. The van der Waals surface area contributed by atoms with Crippen molar-refractivity contribution in [3.05, 3.63) is 17.5 Å². The molecule has 1 aliphatic rings. The standard InChI is InChI=1S/C18H31ClN4/c1-2-3-4-5-6-7-8-11-20-16-9-12-23(13-10-16)18-14-17(19)21-15-22-18/h14-16,20H,2-13H2,1H3. The van der Waals surface area contributed by atoms with Crippen molar-refractivity contribution in [3.63, 3.8) is 0 Å². The van der Waals surface area contributed by atoms with Crippen molar-refractivity contribution in [1.29, 1.82) is 0 Å². The Morgan fingerprint density at radius 1 is 1.09 bits per heavy atom. The van der Waals surface area contributed by atoms with E-state index in [0.29, 0.717) is 11.2 Å². The predicted molar refractivity (Wildman–Crippen MR) is 98.3 cm³/mol. The number of nitrogens with one attached hydrogen (secondary N) is 1. The van der Waals surface area contributed by atoms with Crippen molar-refractivity contribution < 1.29 is 0 Å². The van der Waals surface area contributed by atoms with Gasteiger partial charge in [-0.3, -0.25) is 0 Å². The molecule has 5 heteroatoms. The molecule has 1 aromatic heterocycles. The van der Waals surface area contributed by atoms with E-state index in [-0.39, 0.29) is 0 Å². The maximum absolute atomic E-state index is 5.94. The fourth-order valence-corrected chi connectivity index (χ4v) is 3.34. The summed E-state index contributed by atoms with van der Waals surface area (Å²) in [7, 11) is 0. The fourth-order valence-electron chi connectivity index (χ4n) is 3.20. The minimum Gasteiger partial charge on any atom is -0.356 e. The minimum atomic E-state index is 0.522. The molecule has 1 saturated heterocycles. The van der Waals surface area contributed by atoms with Crippen molar-refractivity contribution in [2.45, 2.75) is 70.8 Å². The Morgan fingerprint density at radius 3 is 2.48 bits per heavy atom. The number of hydrogen-bond acceptors (Lipinski definition) is 4. The smallest absolute Gasteiger partial charge is 0.134 e. The lowest BCUT2D eigenvalue weighted by molar-refractivity contribution is 0.407. The van der Waals surface area contributed by atoms with Crippen LogP contribution in [0.1, 0.15) is 64.7 Å². The number of unbranched alkanes of at least 4 members (excludes halogenated alkanes) is 6. The molecule has 130 valence electrons. The summed E-state index contributed by atoms with van der Waals surface area (Å²) in [5.41, 5.74) is 0. The molecule has 1 N–H and O–H groups in total. The maximum Gasteiger partial charge on any atom is 0.134 e. The molecule has 1 aromatic rings. The molecule has 4 nitrogen and oxygen atoms in total. The average Bonchev–Trinajstić information content (AvgIpc) is 2.58. The molecule has 1 fully saturated rings. The van der Waals surface area contributed by atoms with Gasteiger partial charge in [0.25, 0.3) is 0 Å². The highest BCUT2D eigenvalue weighted by Crippen LogP contribution is 2.19. The van der Waals surface area contributed by atoms with Crippen molar-refractivity contribution in [1.82, 2.24) is 15.3 Å². The van der Waals surface area contributed by atoms with Gasteiger partial charge in [-0.15, -0.1) is 0 Å². The Labute approximate surface area is 146 Å². The molecular formula is C18H31ClN4. The van der Waals surface area contributed by atoms with E-state index in [4.69, 9.17) is 11.6 Å². The van der Waals surface area contributed by atoms with Crippen molar-refractivity contribution in [2.75, 3.05) is 24.5 Å². The van der Waals surface area contributed by atoms with Gasteiger partial charge in [-0.05, 0) is 25.8 Å². The lowest BCUT2D eigenvalue weighted by Gasteiger charge is -2.33. The van der Waals surface area contributed by atoms with E-state index in [9.17, 15) is 0 Å². The second-order valence-corrected chi connectivity index (χ2v) is 6.92. The van der Waals surface area contributed by atoms with E-state index >= 15 is 0 Å². The van der Waals surface area contributed by atoms with E-state index in [1.807, 2.05) is 6.07 Å². The van der Waals surface area contributed by atoms with Crippen molar-refractivity contribution >= 4 is 17.4 Å². The molecule has 0 atom stereocenters. The van der Waals surface area contributed by atoms with Gasteiger partial charge in [-0.25, -0.2) is 9.97 Å². The molecule has 0 spiro atoms. The molecule has 0 saturated carbocycles. The molecule has 0 aliphatic carbocycles. The second-order valence-electron chi connectivity index (χ2n) is 6.54. The number of anilines is 1. The average molecular weight is 339 g/mol. The summed E-state index contributed by atoms with van der Waals surface area (Å²) in [5, 5.41) is 4.24. The number of hydrogen-bond donors (Lipinski definition) is 1. The largest absolute Gasteiger partial charge is 0.356 e. The third-order valence-corrected chi connectivity index (χ3v) is 4.86. The van der Waals surface area contributed by atoms with Crippen LogP contribution in [0.2, 0.25) is 5.15 Å². The molecule has 0 amide bonds. The van der Waals surface area contributed by atoms with E-state index in [0.717, 1.165) is 25.5 Å². The van der Waals surface area contributed by atoms with Gasteiger partial charge in [0, 0.05) is 25.2 Å². The van der Waals surface area contributed by atoms with Gasteiger partial charge in [-0.1, -0.05) is 57.0 Å². The number of nitrogens with zero attached hydrogens (tertiary/aromatic N) is 3. The molecule has 2 rings (SSSR count). The summed E-state index contributed by atoms with van der Waals surface area (Å²) in [5.74, 6) is 0.954. The third-order valence-electron chi connectivity index (χ3n) is 4.65. The Hall–Kier alpha value is -0.870. The predicted octanol–water partition coefficient (Wildman–Crippen LogP) is 4.44. The van der Waals surface area contributed by atoms with Gasteiger partial charge in [0.15, 0.2) is 0 Å². The van der Waals surface area contributed by atoms with Crippen LogP contribution in [0.25, 0.3) is 0 Å². The molecule has 0 aromatic carbocycles. The zero-order chi connectivity index (χ0) is 16.3. The molecule has 0 bridgehead atoms. The van der Waals surface area contributed by atoms with Crippen molar-refractivity contribution in [3.8, 4) is 0 Å². The lowest BCUT2D eigenvalue weighted by atomic mass is 10.0. The van der Waals surface area contributed by atoms with E-state index in [1.54, 1.807) is 6.33 Å². The molecule has 1 aliphatic heterocycles. The van der Waals surface area contributed by atoms with Crippen LogP contribution in [0.3, 0.4) is 0 Å². The minimum absolute atomic E-state index is 0.522. The monoisotopic (exact) mass is 338 g/mol. The number of aromatic nitrogens is 2. The summed E-state index contributed by atoms with van der Waals surface area (Å²) in [6.45, 7) is 5.52. The van der Waals surface area contributed by atoms with Crippen molar-refractivity contribution in [2.24, 2.45) is 0 Å². The zero-order valence-corrected chi connectivity index (χ0v) is 15.2. The second kappa shape index (κ2) is 10.8. The van der Waals surface area contributed by atoms with Crippen LogP contribution in [-0.4, -0.2) is 35.6 Å². The highest BCUT2D eigenvalue weighted by molar-refractivity contribution is 6.29. The number of rotatable bonds is 10. The van der Waals surface area contributed by atoms with Gasteiger partial charge in [-0.2, -0.15) is 0 Å². The van der Waals surface area contributed by atoms with Crippen LogP contribution in [0.15, 0.2) is 12.4 Å². The van der Waals surface area contributed by atoms with Crippen LogP contribution in [0.5, 0.6) is 0 Å². The van der Waals surface area contributed by atoms with Crippen LogP contribution in [-0.2, 0) is 0 Å². The molecular weight excluding hydrogens is 308 g/mol. The Kier molecular flexibility index (Phi) is 8.69. The zero-order valence-electron chi connectivity index (χ0n) is 14.4. The molecule has 0 radical (unpaired) electrons. The number of halogens is 1. The van der Waals surface area contributed by atoms with E-state index < -0.39 is 0 Å². The summed E-state index contributed by atoms with van der Waals surface area (Å²) >= 11 is 5.94. The summed E-state index contributed by atoms with van der Waals surface area (Å²) < 4.78 is 0. The lowest BCUT2D eigenvalue weighted by Crippen LogP contribution is -2.43. The Balaban J connectivity index is 1.53. The SMILES string of the molecule is CCCCCCCCCNC1CCN(c2cc(Cl)ncn2)CC1. The first-order chi connectivity index (χ1) is 11.3. The maximum atomic E-state index is 5.94. The van der Waals surface area contributed by atoms with Crippen LogP contribution in [0.4, 0.5) is 5.82 Å².